The second kappa shape index (κ2) is 5.02. The third kappa shape index (κ3) is 3.17. The molecule has 0 unspecified atom stereocenters. The number of hydrogen-bond donors (Lipinski definition) is 2. The number of nitrogens with zero attached hydrogens (tertiary/aromatic N) is 1. The zero-order chi connectivity index (χ0) is 12.3. The molecule has 17 heavy (non-hydrogen) atoms. The van der Waals surface area contributed by atoms with E-state index in [0.717, 1.165) is 25.7 Å². The summed E-state index contributed by atoms with van der Waals surface area (Å²) in [7, 11) is 0. The zero-order valence-electron chi connectivity index (χ0n) is 9.45. The van der Waals surface area contributed by atoms with Crippen LogP contribution in [0.25, 0.3) is 0 Å². The highest BCUT2D eigenvalue weighted by molar-refractivity contribution is 6.30. The summed E-state index contributed by atoms with van der Waals surface area (Å²) in [4.78, 5) is 15.7. The minimum Gasteiger partial charge on any atom is -0.388 e. The Kier molecular flexibility index (Phi) is 3.64. The molecular weight excluding hydrogens is 240 g/mol. The van der Waals surface area contributed by atoms with Gasteiger partial charge in [0.1, 0.15) is 5.69 Å². The smallest absolute Gasteiger partial charge is 0.270 e. The van der Waals surface area contributed by atoms with Crippen molar-refractivity contribution in [1.82, 2.24) is 10.3 Å². The Balaban J connectivity index is 1.93. The van der Waals surface area contributed by atoms with Crippen LogP contribution >= 0.6 is 11.6 Å². The zero-order valence-corrected chi connectivity index (χ0v) is 10.2. The molecule has 1 aliphatic rings. The van der Waals surface area contributed by atoms with E-state index >= 15 is 0 Å². The van der Waals surface area contributed by atoms with Crippen LogP contribution in [0.3, 0.4) is 0 Å². The lowest BCUT2D eigenvalue weighted by Crippen LogP contribution is -2.41. The number of hydrogen-bond acceptors (Lipinski definition) is 3. The molecule has 4 nitrogen and oxygen atoms in total. The summed E-state index contributed by atoms with van der Waals surface area (Å²) in [5.74, 6) is -0.298. The number of aromatic nitrogens is 1. The van der Waals surface area contributed by atoms with Gasteiger partial charge in [0.25, 0.3) is 5.91 Å². The summed E-state index contributed by atoms with van der Waals surface area (Å²) >= 11 is 5.77. The van der Waals surface area contributed by atoms with Crippen molar-refractivity contribution in [3.05, 3.63) is 29.0 Å². The number of aliphatic hydroxyl groups is 1. The molecule has 2 rings (SSSR count). The highest BCUT2D eigenvalue weighted by Crippen LogP contribution is 2.28. The predicted molar refractivity (Wildman–Crippen MR) is 65.0 cm³/mol. The second-order valence-electron chi connectivity index (χ2n) is 4.47. The van der Waals surface area contributed by atoms with Crippen molar-refractivity contribution in [3.63, 3.8) is 0 Å². The van der Waals surface area contributed by atoms with Crippen LogP contribution in [0.5, 0.6) is 0 Å². The van der Waals surface area contributed by atoms with E-state index in [0.29, 0.717) is 5.02 Å². The Bertz CT molecular complexity index is 417. The van der Waals surface area contributed by atoms with Crippen molar-refractivity contribution in [2.45, 2.75) is 31.3 Å². The fourth-order valence-electron chi connectivity index (χ4n) is 2.07. The van der Waals surface area contributed by atoms with Crippen molar-refractivity contribution >= 4 is 17.5 Å². The van der Waals surface area contributed by atoms with Gasteiger partial charge >= 0.3 is 0 Å². The van der Waals surface area contributed by atoms with Crippen LogP contribution in [0.2, 0.25) is 5.02 Å². The van der Waals surface area contributed by atoms with E-state index in [9.17, 15) is 9.90 Å². The van der Waals surface area contributed by atoms with Crippen molar-refractivity contribution in [2.24, 2.45) is 0 Å². The topological polar surface area (TPSA) is 62.2 Å². The normalized spacial score (nSPS) is 18.0. The Morgan fingerprint density at radius 1 is 1.53 bits per heavy atom. The molecule has 1 aromatic rings. The Hall–Kier alpha value is -1.13. The maximum atomic E-state index is 11.8. The van der Waals surface area contributed by atoms with Gasteiger partial charge in [0.05, 0.1) is 5.60 Å². The first kappa shape index (κ1) is 12.3. The molecule has 1 heterocycles. The number of pyridine rings is 1. The molecule has 0 atom stereocenters. The molecular formula is C12H15ClN2O2. The van der Waals surface area contributed by atoms with Crippen molar-refractivity contribution in [2.75, 3.05) is 6.54 Å². The number of amides is 1. The van der Waals surface area contributed by atoms with Crippen molar-refractivity contribution in [1.29, 1.82) is 0 Å². The maximum absolute atomic E-state index is 11.8. The maximum Gasteiger partial charge on any atom is 0.270 e. The fraction of sp³-hybridized carbons (Fsp3) is 0.500. The average molecular weight is 255 g/mol. The second-order valence-corrected chi connectivity index (χ2v) is 4.91. The first-order valence-electron chi connectivity index (χ1n) is 5.71. The minimum atomic E-state index is -0.742. The molecule has 1 aromatic heterocycles. The molecule has 1 saturated carbocycles. The summed E-state index contributed by atoms with van der Waals surface area (Å²) in [6, 6.07) is 3.12. The number of nitrogens with one attached hydrogen (secondary N) is 1. The Morgan fingerprint density at radius 2 is 2.24 bits per heavy atom. The van der Waals surface area contributed by atoms with Crippen LogP contribution in [0.4, 0.5) is 0 Å². The molecule has 1 fully saturated rings. The lowest BCUT2D eigenvalue weighted by atomic mass is 10.0. The van der Waals surface area contributed by atoms with E-state index in [1.807, 2.05) is 0 Å². The van der Waals surface area contributed by atoms with Crippen LogP contribution in [0.1, 0.15) is 36.2 Å². The van der Waals surface area contributed by atoms with E-state index in [-0.39, 0.29) is 18.1 Å². The number of carbonyl (C=O) groups is 1. The molecule has 0 saturated heterocycles. The van der Waals surface area contributed by atoms with Gasteiger partial charge in [-0.3, -0.25) is 9.78 Å². The first-order chi connectivity index (χ1) is 8.09. The van der Waals surface area contributed by atoms with Gasteiger partial charge in [0.15, 0.2) is 0 Å². The molecule has 0 radical (unpaired) electrons. The molecule has 0 aromatic carbocycles. The van der Waals surface area contributed by atoms with E-state index in [1.54, 1.807) is 6.07 Å². The highest BCUT2D eigenvalue weighted by atomic mass is 35.5. The van der Waals surface area contributed by atoms with Crippen LogP contribution < -0.4 is 5.32 Å². The monoisotopic (exact) mass is 254 g/mol. The Morgan fingerprint density at radius 3 is 2.88 bits per heavy atom. The van der Waals surface area contributed by atoms with Gasteiger partial charge in [-0.1, -0.05) is 24.4 Å². The number of halogens is 1. The average Bonchev–Trinajstić information content (AvgIpc) is 2.74. The van der Waals surface area contributed by atoms with Crippen molar-refractivity contribution < 1.29 is 9.90 Å². The standard InChI is InChI=1S/C12H15ClN2O2/c13-9-3-6-14-10(7-9)11(16)15-8-12(17)4-1-2-5-12/h3,6-7,17H,1-2,4-5,8H2,(H,15,16). The molecule has 92 valence electrons. The summed E-state index contributed by atoms with van der Waals surface area (Å²) in [6.07, 6.45) is 5.01. The SMILES string of the molecule is O=C(NCC1(O)CCCC1)c1cc(Cl)ccn1. The van der Waals surface area contributed by atoms with Crippen LogP contribution in [0, 0.1) is 0 Å². The summed E-state index contributed by atoms with van der Waals surface area (Å²) in [6.45, 7) is 0.278. The van der Waals surface area contributed by atoms with Gasteiger partial charge in [-0.2, -0.15) is 0 Å². The van der Waals surface area contributed by atoms with E-state index < -0.39 is 5.60 Å². The van der Waals surface area contributed by atoms with Gasteiger partial charge in [-0.05, 0) is 25.0 Å². The fourth-order valence-corrected chi connectivity index (χ4v) is 2.23. The van der Waals surface area contributed by atoms with Gasteiger partial charge in [-0.15, -0.1) is 0 Å². The molecule has 1 aliphatic carbocycles. The number of rotatable bonds is 3. The van der Waals surface area contributed by atoms with E-state index in [4.69, 9.17) is 11.6 Å². The Labute approximate surface area is 105 Å². The van der Waals surface area contributed by atoms with Crippen LogP contribution in [-0.4, -0.2) is 28.1 Å². The highest BCUT2D eigenvalue weighted by Gasteiger charge is 2.31. The third-order valence-electron chi connectivity index (χ3n) is 3.07. The first-order valence-corrected chi connectivity index (χ1v) is 6.09. The molecule has 5 heteroatoms. The molecule has 1 amide bonds. The van der Waals surface area contributed by atoms with Gasteiger partial charge < -0.3 is 10.4 Å². The van der Waals surface area contributed by atoms with Crippen LogP contribution in [0.15, 0.2) is 18.3 Å². The molecule has 2 N–H and O–H groups in total. The van der Waals surface area contributed by atoms with E-state index in [1.165, 1.54) is 12.3 Å². The van der Waals surface area contributed by atoms with Gasteiger partial charge in [0.2, 0.25) is 0 Å². The molecule has 0 aliphatic heterocycles. The minimum absolute atomic E-state index is 0.277. The summed E-state index contributed by atoms with van der Waals surface area (Å²) in [5.41, 5.74) is -0.465. The van der Waals surface area contributed by atoms with Crippen LogP contribution in [-0.2, 0) is 0 Å². The lowest BCUT2D eigenvalue weighted by molar-refractivity contribution is 0.0448. The van der Waals surface area contributed by atoms with Gasteiger partial charge in [0, 0.05) is 17.8 Å². The lowest BCUT2D eigenvalue weighted by Gasteiger charge is -2.22. The quantitative estimate of drug-likeness (QED) is 0.864. The summed E-state index contributed by atoms with van der Waals surface area (Å²) < 4.78 is 0. The number of carbonyl (C=O) groups excluding carboxylic acids is 1. The summed E-state index contributed by atoms with van der Waals surface area (Å²) in [5, 5.41) is 13.3. The van der Waals surface area contributed by atoms with E-state index in [2.05, 4.69) is 10.3 Å². The largest absolute Gasteiger partial charge is 0.388 e. The third-order valence-corrected chi connectivity index (χ3v) is 3.30. The molecule has 0 bridgehead atoms. The van der Waals surface area contributed by atoms with Crippen molar-refractivity contribution in [3.8, 4) is 0 Å². The predicted octanol–water partition coefficient (Wildman–Crippen LogP) is 1.77. The van der Waals surface area contributed by atoms with Gasteiger partial charge in [-0.25, -0.2) is 0 Å². The molecule has 0 spiro atoms.